The Labute approximate surface area is 148 Å². The lowest BCUT2D eigenvalue weighted by Crippen LogP contribution is -2.34. The summed E-state index contributed by atoms with van der Waals surface area (Å²) in [6.07, 6.45) is -0.522. The van der Waals surface area contributed by atoms with E-state index in [1.54, 1.807) is 0 Å². The Kier molecular flexibility index (Phi) is 5.84. The number of amides is 2. The van der Waals surface area contributed by atoms with Crippen molar-refractivity contribution >= 4 is 23.4 Å². The summed E-state index contributed by atoms with van der Waals surface area (Å²) in [5.41, 5.74) is 0.616. The number of rotatable bonds is 6. The number of urea groups is 1. The summed E-state index contributed by atoms with van der Waals surface area (Å²) < 4.78 is 0. The maximum Gasteiger partial charge on any atom is 0.319 e. The monoisotopic (exact) mass is 354 g/mol. The third-order valence-electron chi connectivity index (χ3n) is 3.46. The Morgan fingerprint density at radius 1 is 1.19 bits per heavy atom. The lowest BCUT2D eigenvalue weighted by Gasteiger charge is -2.18. The molecule has 0 heterocycles. The summed E-state index contributed by atoms with van der Waals surface area (Å²) in [7, 11) is 0. The molecule has 9 nitrogen and oxygen atoms in total. The molecule has 1 unspecified atom stereocenters. The average Bonchev–Trinajstić information content (AvgIpc) is 2.61. The van der Waals surface area contributed by atoms with Crippen molar-refractivity contribution in [2.75, 3.05) is 5.32 Å². The van der Waals surface area contributed by atoms with Gasteiger partial charge in [0.15, 0.2) is 0 Å². The summed E-state index contributed by atoms with van der Waals surface area (Å²) in [6, 6.07) is 11.8. The van der Waals surface area contributed by atoms with Gasteiger partial charge in [-0.2, -0.15) is 5.26 Å². The Hall–Kier alpha value is -3.93. The standard InChI is InChI=1S/C17H14N4O5/c18-10-11-5-7-12(8-6-11)19-17(24)20-14(9-16(22)23)13-3-1-2-4-15(13)21(25)26/h1-8,14H,9H2,(H,22,23)(H2,19,20,24). The van der Waals surface area contributed by atoms with Gasteiger partial charge >= 0.3 is 12.0 Å². The molecule has 0 aliphatic rings. The smallest absolute Gasteiger partial charge is 0.319 e. The van der Waals surface area contributed by atoms with E-state index >= 15 is 0 Å². The van der Waals surface area contributed by atoms with Crippen LogP contribution in [0.1, 0.15) is 23.6 Å². The molecule has 0 aromatic heterocycles. The number of carboxylic acid groups (broad SMARTS) is 1. The first-order valence-electron chi connectivity index (χ1n) is 7.43. The highest BCUT2D eigenvalue weighted by Crippen LogP contribution is 2.27. The molecule has 2 aromatic rings. The highest BCUT2D eigenvalue weighted by Gasteiger charge is 2.25. The molecule has 2 rings (SSSR count). The number of hydrogen-bond acceptors (Lipinski definition) is 5. The number of nitro benzene ring substituents is 1. The summed E-state index contributed by atoms with van der Waals surface area (Å²) in [5, 5.41) is 33.9. The number of nitriles is 1. The SMILES string of the molecule is N#Cc1ccc(NC(=O)NC(CC(=O)O)c2ccccc2[N+](=O)[O-])cc1. The molecule has 3 N–H and O–H groups in total. The molecule has 2 amide bonds. The minimum Gasteiger partial charge on any atom is -0.481 e. The van der Waals surface area contributed by atoms with E-state index in [1.165, 1.54) is 48.5 Å². The Bertz CT molecular complexity index is 873. The van der Waals surface area contributed by atoms with Crippen molar-refractivity contribution in [3.05, 3.63) is 69.8 Å². The first kappa shape index (κ1) is 18.4. The first-order valence-corrected chi connectivity index (χ1v) is 7.43. The fourth-order valence-corrected chi connectivity index (χ4v) is 2.32. The molecule has 0 aliphatic carbocycles. The van der Waals surface area contributed by atoms with E-state index in [2.05, 4.69) is 10.6 Å². The van der Waals surface area contributed by atoms with Gasteiger partial charge in [0.25, 0.3) is 5.69 Å². The van der Waals surface area contributed by atoms with Gasteiger partial charge < -0.3 is 15.7 Å². The average molecular weight is 354 g/mol. The zero-order chi connectivity index (χ0) is 19.1. The molecule has 0 saturated heterocycles. The topological polar surface area (TPSA) is 145 Å². The Morgan fingerprint density at radius 3 is 2.42 bits per heavy atom. The number of para-hydroxylation sites is 1. The minimum atomic E-state index is -1.22. The Morgan fingerprint density at radius 2 is 1.85 bits per heavy atom. The van der Waals surface area contributed by atoms with E-state index < -0.39 is 29.4 Å². The van der Waals surface area contributed by atoms with E-state index in [0.717, 1.165) is 0 Å². The van der Waals surface area contributed by atoms with Gasteiger partial charge in [0.05, 0.1) is 34.6 Å². The number of nitrogens with one attached hydrogen (secondary N) is 2. The van der Waals surface area contributed by atoms with Crippen LogP contribution in [0.2, 0.25) is 0 Å². The van der Waals surface area contributed by atoms with Crippen molar-refractivity contribution in [1.29, 1.82) is 5.26 Å². The number of carbonyl (C=O) groups is 2. The van der Waals surface area contributed by atoms with Crippen molar-refractivity contribution < 1.29 is 19.6 Å². The summed E-state index contributed by atoms with van der Waals surface area (Å²) in [5.74, 6) is -1.22. The van der Waals surface area contributed by atoms with Crippen LogP contribution in [0.3, 0.4) is 0 Å². The lowest BCUT2D eigenvalue weighted by molar-refractivity contribution is -0.385. The van der Waals surface area contributed by atoms with E-state index in [0.29, 0.717) is 11.3 Å². The number of benzene rings is 2. The lowest BCUT2D eigenvalue weighted by atomic mass is 10.0. The van der Waals surface area contributed by atoms with Crippen LogP contribution in [-0.2, 0) is 4.79 Å². The second kappa shape index (κ2) is 8.25. The second-order valence-corrected chi connectivity index (χ2v) is 5.25. The molecule has 0 fully saturated rings. The van der Waals surface area contributed by atoms with Gasteiger partial charge in [0, 0.05) is 11.8 Å². The van der Waals surface area contributed by atoms with Crippen LogP contribution in [-0.4, -0.2) is 22.0 Å². The van der Waals surface area contributed by atoms with Crippen LogP contribution in [0.25, 0.3) is 0 Å². The third-order valence-corrected chi connectivity index (χ3v) is 3.46. The number of nitro groups is 1. The molecule has 1 atom stereocenters. The minimum absolute atomic E-state index is 0.0925. The van der Waals surface area contributed by atoms with Crippen LogP contribution >= 0.6 is 0 Å². The van der Waals surface area contributed by atoms with Crippen LogP contribution in [0.5, 0.6) is 0 Å². The van der Waals surface area contributed by atoms with Crippen LogP contribution in [0.15, 0.2) is 48.5 Å². The van der Waals surface area contributed by atoms with Gasteiger partial charge in [-0.3, -0.25) is 14.9 Å². The molecule has 0 aliphatic heterocycles. The van der Waals surface area contributed by atoms with E-state index in [9.17, 15) is 19.7 Å². The summed E-state index contributed by atoms with van der Waals surface area (Å²) >= 11 is 0. The van der Waals surface area contributed by atoms with Crippen molar-refractivity contribution in [3.63, 3.8) is 0 Å². The zero-order valence-corrected chi connectivity index (χ0v) is 13.4. The number of hydrogen-bond donors (Lipinski definition) is 3. The normalized spacial score (nSPS) is 11.0. The second-order valence-electron chi connectivity index (χ2n) is 5.25. The third kappa shape index (κ3) is 4.78. The van der Waals surface area contributed by atoms with Gasteiger partial charge in [-0.05, 0) is 24.3 Å². The highest BCUT2D eigenvalue weighted by molar-refractivity contribution is 5.90. The number of anilines is 1. The molecule has 26 heavy (non-hydrogen) atoms. The van der Waals surface area contributed by atoms with E-state index in [-0.39, 0.29) is 11.3 Å². The van der Waals surface area contributed by atoms with Crippen molar-refractivity contribution in [2.45, 2.75) is 12.5 Å². The highest BCUT2D eigenvalue weighted by atomic mass is 16.6. The van der Waals surface area contributed by atoms with Gasteiger partial charge in [-0.15, -0.1) is 0 Å². The Balaban J connectivity index is 2.19. The number of carbonyl (C=O) groups excluding carboxylic acids is 1. The molecule has 0 bridgehead atoms. The molecule has 9 heteroatoms. The predicted octanol–water partition coefficient (Wildman–Crippen LogP) is 2.80. The zero-order valence-electron chi connectivity index (χ0n) is 13.4. The molecule has 132 valence electrons. The molecule has 2 aromatic carbocycles. The summed E-state index contributed by atoms with van der Waals surface area (Å²) in [4.78, 5) is 33.8. The summed E-state index contributed by atoms with van der Waals surface area (Å²) in [6.45, 7) is 0. The number of nitrogens with zero attached hydrogens (tertiary/aromatic N) is 2. The molecule has 0 spiro atoms. The molecule has 0 saturated carbocycles. The van der Waals surface area contributed by atoms with Gasteiger partial charge in [0.1, 0.15) is 0 Å². The van der Waals surface area contributed by atoms with Crippen LogP contribution in [0.4, 0.5) is 16.2 Å². The van der Waals surface area contributed by atoms with Gasteiger partial charge in [0.2, 0.25) is 0 Å². The maximum absolute atomic E-state index is 12.2. The number of aliphatic carboxylic acids is 1. The molecular weight excluding hydrogens is 340 g/mol. The predicted molar refractivity (Wildman–Crippen MR) is 91.4 cm³/mol. The van der Waals surface area contributed by atoms with Crippen LogP contribution in [0, 0.1) is 21.4 Å². The molecule has 0 radical (unpaired) electrons. The van der Waals surface area contributed by atoms with Crippen molar-refractivity contribution in [1.82, 2.24) is 5.32 Å². The van der Waals surface area contributed by atoms with Crippen molar-refractivity contribution in [3.8, 4) is 6.07 Å². The fourth-order valence-electron chi connectivity index (χ4n) is 2.32. The largest absolute Gasteiger partial charge is 0.481 e. The van der Waals surface area contributed by atoms with E-state index in [4.69, 9.17) is 10.4 Å². The van der Waals surface area contributed by atoms with Crippen LogP contribution < -0.4 is 10.6 Å². The first-order chi connectivity index (χ1) is 12.4. The van der Waals surface area contributed by atoms with Crippen molar-refractivity contribution in [2.24, 2.45) is 0 Å². The maximum atomic E-state index is 12.2. The van der Waals surface area contributed by atoms with Gasteiger partial charge in [-0.1, -0.05) is 18.2 Å². The molecular formula is C17H14N4O5. The van der Waals surface area contributed by atoms with Gasteiger partial charge in [-0.25, -0.2) is 4.79 Å². The quantitative estimate of drug-likeness (QED) is 0.537. The number of carboxylic acids is 1. The fraction of sp³-hybridized carbons (Fsp3) is 0.118. The van der Waals surface area contributed by atoms with E-state index in [1.807, 2.05) is 6.07 Å².